The number of ether oxygens (including phenoxy) is 1. The zero-order chi connectivity index (χ0) is 16.5. The van der Waals surface area contributed by atoms with E-state index in [0.717, 1.165) is 31.4 Å². The molecule has 4 nitrogen and oxygen atoms in total. The summed E-state index contributed by atoms with van der Waals surface area (Å²) in [5, 5.41) is 0. The number of hydrogen-bond acceptors (Lipinski definition) is 4. The van der Waals surface area contributed by atoms with E-state index >= 15 is 0 Å². The molecule has 8 heteroatoms. The van der Waals surface area contributed by atoms with Gasteiger partial charge in [-0.1, -0.05) is 28.1 Å². The number of benzene rings is 2. The Morgan fingerprint density at radius 3 is 2.32 bits per heavy atom. The van der Waals surface area contributed by atoms with Gasteiger partial charge in [-0.2, -0.15) is 0 Å². The SMILES string of the molecule is COC(=O)c1c(F)cc(Br)cc1S(=O)(=O)c1ccccc1F. The number of halogens is 3. The molecule has 2 aromatic rings. The minimum Gasteiger partial charge on any atom is -0.465 e. The van der Waals surface area contributed by atoms with Crippen molar-refractivity contribution in [3.63, 3.8) is 0 Å². The first-order valence-corrected chi connectivity index (χ1v) is 8.13. The third-order valence-electron chi connectivity index (χ3n) is 2.82. The molecule has 0 radical (unpaired) electrons. The van der Waals surface area contributed by atoms with Crippen LogP contribution in [-0.2, 0) is 14.6 Å². The molecule has 2 aromatic carbocycles. The highest BCUT2D eigenvalue weighted by Crippen LogP contribution is 2.30. The summed E-state index contributed by atoms with van der Waals surface area (Å²) in [6, 6.07) is 6.58. The van der Waals surface area contributed by atoms with Crippen LogP contribution < -0.4 is 0 Å². The molecule has 116 valence electrons. The van der Waals surface area contributed by atoms with Gasteiger partial charge < -0.3 is 4.74 Å². The summed E-state index contributed by atoms with van der Waals surface area (Å²) in [6.45, 7) is 0. The van der Waals surface area contributed by atoms with Gasteiger partial charge in [-0.15, -0.1) is 0 Å². The van der Waals surface area contributed by atoms with Gasteiger partial charge in [0.15, 0.2) is 0 Å². The van der Waals surface area contributed by atoms with Crippen LogP contribution in [0.25, 0.3) is 0 Å². The lowest BCUT2D eigenvalue weighted by molar-refractivity contribution is 0.0590. The zero-order valence-electron chi connectivity index (χ0n) is 11.1. The van der Waals surface area contributed by atoms with Crippen LogP contribution in [-0.4, -0.2) is 21.5 Å². The first kappa shape index (κ1) is 16.6. The highest BCUT2D eigenvalue weighted by atomic mass is 79.9. The van der Waals surface area contributed by atoms with Gasteiger partial charge in [-0.3, -0.25) is 0 Å². The summed E-state index contributed by atoms with van der Waals surface area (Å²) < 4.78 is 57.4. The molecular weight excluding hydrogens is 382 g/mol. The zero-order valence-corrected chi connectivity index (χ0v) is 13.5. The van der Waals surface area contributed by atoms with Gasteiger partial charge in [-0.25, -0.2) is 22.0 Å². The molecule has 0 aliphatic carbocycles. The standard InChI is InChI=1S/C14H9BrF2O4S/c1-21-14(18)13-10(17)6-8(15)7-12(13)22(19,20)11-5-3-2-4-9(11)16/h2-7H,1H3. The third kappa shape index (κ3) is 2.89. The third-order valence-corrected chi connectivity index (χ3v) is 5.09. The molecule has 0 saturated carbocycles. The molecule has 0 heterocycles. The van der Waals surface area contributed by atoms with Crippen molar-refractivity contribution < 1.29 is 26.7 Å². The lowest BCUT2D eigenvalue weighted by atomic mass is 10.2. The van der Waals surface area contributed by atoms with Crippen molar-refractivity contribution in [1.82, 2.24) is 0 Å². The maximum atomic E-state index is 14.0. The fourth-order valence-corrected chi connectivity index (χ4v) is 3.98. The highest BCUT2D eigenvalue weighted by Gasteiger charge is 2.30. The van der Waals surface area contributed by atoms with Crippen LogP contribution in [0.3, 0.4) is 0 Å². The molecule has 22 heavy (non-hydrogen) atoms. The van der Waals surface area contributed by atoms with Crippen LogP contribution in [0, 0.1) is 11.6 Å². The van der Waals surface area contributed by atoms with Crippen molar-refractivity contribution in [2.75, 3.05) is 7.11 Å². The molecule has 0 aliphatic rings. The quantitative estimate of drug-likeness (QED) is 0.754. The minimum atomic E-state index is -4.45. The first-order chi connectivity index (χ1) is 10.3. The molecule has 0 aliphatic heterocycles. The van der Waals surface area contributed by atoms with Crippen molar-refractivity contribution in [3.8, 4) is 0 Å². The molecule has 0 atom stereocenters. The Bertz CT molecular complexity index is 850. The van der Waals surface area contributed by atoms with E-state index in [2.05, 4.69) is 20.7 Å². The van der Waals surface area contributed by atoms with Gasteiger partial charge >= 0.3 is 5.97 Å². The van der Waals surface area contributed by atoms with Gasteiger partial charge in [0.05, 0.1) is 12.0 Å². The highest BCUT2D eigenvalue weighted by molar-refractivity contribution is 9.10. The molecule has 0 amide bonds. The smallest absolute Gasteiger partial charge is 0.342 e. The molecule has 0 unspecified atom stereocenters. The summed E-state index contributed by atoms with van der Waals surface area (Å²) in [4.78, 5) is 10.4. The Labute approximate surface area is 133 Å². The predicted molar refractivity (Wildman–Crippen MR) is 77.3 cm³/mol. The van der Waals surface area contributed by atoms with Gasteiger partial charge in [0.2, 0.25) is 9.84 Å². The van der Waals surface area contributed by atoms with E-state index in [1.54, 1.807) is 0 Å². The number of carbonyl (C=O) groups excluding carboxylic acids is 1. The molecular formula is C14H9BrF2O4S. The molecule has 0 saturated heterocycles. The number of rotatable bonds is 3. The maximum absolute atomic E-state index is 14.0. The number of sulfone groups is 1. The van der Waals surface area contributed by atoms with Crippen molar-refractivity contribution in [1.29, 1.82) is 0 Å². The average Bonchev–Trinajstić information content (AvgIpc) is 2.46. The Balaban J connectivity index is 2.82. The maximum Gasteiger partial charge on any atom is 0.342 e. The van der Waals surface area contributed by atoms with Crippen molar-refractivity contribution in [2.45, 2.75) is 9.79 Å². The van der Waals surface area contributed by atoms with Crippen LogP contribution in [0.15, 0.2) is 50.7 Å². The van der Waals surface area contributed by atoms with E-state index < -0.39 is 42.8 Å². The second-order valence-corrected chi connectivity index (χ2v) is 6.99. The molecule has 0 aromatic heterocycles. The molecule has 2 rings (SSSR count). The first-order valence-electron chi connectivity index (χ1n) is 5.86. The minimum absolute atomic E-state index is 0.0903. The van der Waals surface area contributed by atoms with Crippen LogP contribution in [0.1, 0.15) is 10.4 Å². The lowest BCUT2D eigenvalue weighted by Crippen LogP contribution is -2.14. The van der Waals surface area contributed by atoms with E-state index in [4.69, 9.17) is 0 Å². The summed E-state index contributed by atoms with van der Waals surface area (Å²) in [5.74, 6) is -3.25. The summed E-state index contributed by atoms with van der Waals surface area (Å²) in [5.41, 5.74) is -0.769. The van der Waals surface area contributed by atoms with E-state index in [1.165, 1.54) is 12.1 Å². The number of esters is 1. The number of methoxy groups -OCH3 is 1. The number of hydrogen-bond donors (Lipinski definition) is 0. The normalized spacial score (nSPS) is 11.3. The molecule has 0 N–H and O–H groups in total. The van der Waals surface area contributed by atoms with Crippen LogP contribution in [0.2, 0.25) is 0 Å². The van der Waals surface area contributed by atoms with Gasteiger partial charge in [0.1, 0.15) is 22.1 Å². The van der Waals surface area contributed by atoms with Crippen LogP contribution >= 0.6 is 15.9 Å². The Hall–Kier alpha value is -1.80. The number of carbonyl (C=O) groups is 1. The topological polar surface area (TPSA) is 60.4 Å². The van der Waals surface area contributed by atoms with Crippen molar-refractivity contribution in [3.05, 3.63) is 58.1 Å². The summed E-state index contributed by atoms with van der Waals surface area (Å²) >= 11 is 2.95. The van der Waals surface area contributed by atoms with Crippen LogP contribution in [0.5, 0.6) is 0 Å². The Kier molecular flexibility index (Phi) is 4.62. The molecule has 0 fully saturated rings. The van der Waals surface area contributed by atoms with Gasteiger partial charge in [0.25, 0.3) is 0 Å². The Morgan fingerprint density at radius 1 is 1.09 bits per heavy atom. The van der Waals surface area contributed by atoms with E-state index in [9.17, 15) is 22.0 Å². The van der Waals surface area contributed by atoms with Crippen molar-refractivity contribution >= 4 is 31.7 Å². The molecule has 0 spiro atoms. The Morgan fingerprint density at radius 2 is 1.73 bits per heavy atom. The fraction of sp³-hybridized carbons (Fsp3) is 0.0714. The predicted octanol–water partition coefficient (Wildman–Crippen LogP) is 3.35. The summed E-state index contributed by atoms with van der Waals surface area (Å²) in [6.07, 6.45) is 0. The van der Waals surface area contributed by atoms with Crippen LogP contribution in [0.4, 0.5) is 8.78 Å². The fourth-order valence-electron chi connectivity index (χ4n) is 1.84. The lowest BCUT2D eigenvalue weighted by Gasteiger charge is -2.11. The average molecular weight is 391 g/mol. The monoisotopic (exact) mass is 390 g/mol. The second kappa shape index (κ2) is 6.13. The van der Waals surface area contributed by atoms with Crippen molar-refractivity contribution in [2.24, 2.45) is 0 Å². The van der Waals surface area contributed by atoms with E-state index in [0.29, 0.717) is 0 Å². The summed E-state index contributed by atoms with van der Waals surface area (Å²) in [7, 11) is -3.46. The largest absolute Gasteiger partial charge is 0.465 e. The van der Waals surface area contributed by atoms with Gasteiger partial charge in [0, 0.05) is 4.47 Å². The van der Waals surface area contributed by atoms with Gasteiger partial charge in [-0.05, 0) is 24.3 Å². The van der Waals surface area contributed by atoms with E-state index in [-0.39, 0.29) is 4.47 Å². The second-order valence-electron chi connectivity index (χ2n) is 4.19. The van der Waals surface area contributed by atoms with E-state index in [1.807, 2.05) is 0 Å². The molecule has 0 bridgehead atoms.